The zero-order chi connectivity index (χ0) is 14.0. The number of aryl methyl sites for hydroxylation is 2. The summed E-state index contributed by atoms with van der Waals surface area (Å²) in [6, 6.07) is 6.21. The molecule has 1 aromatic heterocycles. The third-order valence-corrected chi connectivity index (χ3v) is 3.64. The molecule has 0 saturated carbocycles. The lowest BCUT2D eigenvalue weighted by atomic mass is 10.00. The number of nitrogens with two attached hydrogens (primary N) is 1. The Labute approximate surface area is 117 Å². The predicted molar refractivity (Wildman–Crippen MR) is 79.6 cm³/mol. The van der Waals surface area contributed by atoms with Crippen LogP contribution < -0.4 is 5.73 Å². The van der Waals surface area contributed by atoms with Crippen LogP contribution in [0.25, 0.3) is 11.1 Å². The molecule has 2 rings (SSSR count). The van der Waals surface area contributed by atoms with Crippen LogP contribution in [-0.2, 0) is 4.74 Å². The quantitative estimate of drug-likeness (QED) is 0.867. The van der Waals surface area contributed by atoms with Gasteiger partial charge in [0.05, 0.1) is 6.61 Å². The van der Waals surface area contributed by atoms with Crippen LogP contribution in [0.5, 0.6) is 0 Å². The summed E-state index contributed by atoms with van der Waals surface area (Å²) < 4.78 is 5.08. The minimum Gasteiger partial charge on any atom is -0.462 e. The van der Waals surface area contributed by atoms with E-state index in [0.29, 0.717) is 17.2 Å². The number of thiophene rings is 1. The van der Waals surface area contributed by atoms with Crippen molar-refractivity contribution >= 4 is 22.3 Å². The molecule has 1 heterocycles. The van der Waals surface area contributed by atoms with E-state index in [2.05, 4.69) is 18.2 Å². The Morgan fingerprint density at radius 1 is 1.26 bits per heavy atom. The van der Waals surface area contributed by atoms with E-state index in [-0.39, 0.29) is 5.97 Å². The van der Waals surface area contributed by atoms with E-state index in [1.807, 2.05) is 19.2 Å². The van der Waals surface area contributed by atoms with Crippen molar-refractivity contribution in [3.8, 4) is 11.1 Å². The van der Waals surface area contributed by atoms with Crippen LogP contribution in [0.2, 0.25) is 0 Å². The molecule has 4 heteroatoms. The molecule has 2 aromatic rings. The highest BCUT2D eigenvalue weighted by Gasteiger charge is 2.19. The minimum absolute atomic E-state index is 0.348. The second-order valence-electron chi connectivity index (χ2n) is 4.49. The minimum atomic E-state index is -0.351. The fourth-order valence-electron chi connectivity index (χ4n) is 2.13. The monoisotopic (exact) mass is 275 g/mol. The summed E-state index contributed by atoms with van der Waals surface area (Å²) in [7, 11) is 0. The number of carbonyl (C=O) groups excluding carboxylic acids is 1. The van der Waals surface area contributed by atoms with Crippen LogP contribution in [0.4, 0.5) is 5.00 Å². The van der Waals surface area contributed by atoms with Crippen LogP contribution in [0.1, 0.15) is 28.4 Å². The summed E-state index contributed by atoms with van der Waals surface area (Å²) in [5.74, 6) is -0.351. The predicted octanol–water partition coefficient (Wildman–Crippen LogP) is 3.79. The lowest BCUT2D eigenvalue weighted by Gasteiger charge is -2.07. The summed E-state index contributed by atoms with van der Waals surface area (Å²) in [6.45, 7) is 6.21. The number of hydrogen-bond acceptors (Lipinski definition) is 4. The number of benzene rings is 1. The van der Waals surface area contributed by atoms with Gasteiger partial charge in [-0.15, -0.1) is 11.3 Å². The molecule has 0 atom stereocenters. The first-order chi connectivity index (χ1) is 9.02. The lowest BCUT2D eigenvalue weighted by Crippen LogP contribution is -2.07. The van der Waals surface area contributed by atoms with E-state index in [1.165, 1.54) is 11.3 Å². The summed E-state index contributed by atoms with van der Waals surface area (Å²) in [6.07, 6.45) is 0. The van der Waals surface area contributed by atoms with Crippen molar-refractivity contribution in [3.63, 3.8) is 0 Å². The van der Waals surface area contributed by atoms with Gasteiger partial charge in [0.1, 0.15) is 10.6 Å². The third-order valence-electron chi connectivity index (χ3n) is 2.83. The van der Waals surface area contributed by atoms with Crippen LogP contribution in [-0.4, -0.2) is 12.6 Å². The van der Waals surface area contributed by atoms with Gasteiger partial charge in [-0.3, -0.25) is 0 Å². The van der Waals surface area contributed by atoms with Crippen molar-refractivity contribution in [2.45, 2.75) is 20.8 Å². The highest BCUT2D eigenvalue weighted by atomic mass is 32.1. The Morgan fingerprint density at radius 2 is 1.89 bits per heavy atom. The smallest absolute Gasteiger partial charge is 0.341 e. The Balaban J connectivity index is 2.53. The molecule has 0 radical (unpaired) electrons. The SMILES string of the molecule is CCOC(=O)c1c(-c2cc(C)cc(C)c2)csc1N. The van der Waals surface area contributed by atoms with Gasteiger partial charge in [-0.2, -0.15) is 0 Å². The van der Waals surface area contributed by atoms with Crippen LogP contribution in [0.15, 0.2) is 23.6 Å². The molecule has 19 heavy (non-hydrogen) atoms. The number of anilines is 1. The molecule has 0 aliphatic rings. The molecular weight excluding hydrogens is 258 g/mol. The van der Waals surface area contributed by atoms with Crippen LogP contribution >= 0.6 is 11.3 Å². The molecule has 0 aliphatic heterocycles. The van der Waals surface area contributed by atoms with Crippen molar-refractivity contribution < 1.29 is 9.53 Å². The molecule has 0 saturated heterocycles. The van der Waals surface area contributed by atoms with E-state index >= 15 is 0 Å². The number of hydrogen-bond donors (Lipinski definition) is 1. The molecule has 0 spiro atoms. The summed E-state index contributed by atoms with van der Waals surface area (Å²) in [5, 5.41) is 2.42. The fraction of sp³-hybridized carbons (Fsp3) is 0.267. The number of rotatable bonds is 3. The van der Waals surface area contributed by atoms with Crippen molar-refractivity contribution in [2.24, 2.45) is 0 Å². The fourth-order valence-corrected chi connectivity index (χ4v) is 2.94. The third kappa shape index (κ3) is 2.79. The molecule has 0 aliphatic carbocycles. The Bertz CT molecular complexity index is 596. The van der Waals surface area contributed by atoms with Crippen LogP contribution in [0, 0.1) is 13.8 Å². The molecule has 100 valence electrons. The molecule has 0 unspecified atom stereocenters. The number of carbonyl (C=O) groups is 1. The molecule has 0 amide bonds. The Hall–Kier alpha value is -1.81. The Kier molecular flexibility index (Phi) is 3.90. The summed E-state index contributed by atoms with van der Waals surface area (Å²) >= 11 is 1.37. The number of ether oxygens (including phenoxy) is 1. The Morgan fingerprint density at radius 3 is 2.47 bits per heavy atom. The molecule has 2 N–H and O–H groups in total. The average molecular weight is 275 g/mol. The van der Waals surface area contributed by atoms with E-state index in [4.69, 9.17) is 10.5 Å². The zero-order valence-corrected chi connectivity index (χ0v) is 12.1. The van der Waals surface area contributed by atoms with Crippen molar-refractivity contribution in [3.05, 3.63) is 40.3 Å². The average Bonchev–Trinajstić information content (AvgIpc) is 2.70. The van der Waals surface area contributed by atoms with E-state index in [1.54, 1.807) is 6.92 Å². The van der Waals surface area contributed by atoms with E-state index in [9.17, 15) is 4.79 Å². The van der Waals surface area contributed by atoms with Gasteiger partial charge in [-0.1, -0.05) is 29.3 Å². The first-order valence-electron chi connectivity index (χ1n) is 6.15. The summed E-state index contributed by atoms with van der Waals surface area (Å²) in [5.41, 5.74) is 10.6. The second-order valence-corrected chi connectivity index (χ2v) is 5.40. The van der Waals surface area contributed by atoms with Crippen molar-refractivity contribution in [1.82, 2.24) is 0 Å². The normalized spacial score (nSPS) is 10.5. The summed E-state index contributed by atoms with van der Waals surface area (Å²) in [4.78, 5) is 12.0. The van der Waals surface area contributed by atoms with E-state index in [0.717, 1.165) is 22.3 Å². The molecule has 3 nitrogen and oxygen atoms in total. The highest BCUT2D eigenvalue weighted by Crippen LogP contribution is 2.35. The molecule has 0 fully saturated rings. The standard InChI is InChI=1S/C15H17NO2S/c1-4-18-15(17)13-12(8-19-14(13)16)11-6-9(2)5-10(3)7-11/h5-8H,4,16H2,1-3H3. The highest BCUT2D eigenvalue weighted by molar-refractivity contribution is 7.14. The van der Waals surface area contributed by atoms with Crippen molar-refractivity contribution in [1.29, 1.82) is 0 Å². The van der Waals surface area contributed by atoms with Gasteiger partial charge in [-0.05, 0) is 26.3 Å². The van der Waals surface area contributed by atoms with Gasteiger partial charge in [0.2, 0.25) is 0 Å². The van der Waals surface area contributed by atoms with Gasteiger partial charge >= 0.3 is 5.97 Å². The van der Waals surface area contributed by atoms with Crippen LogP contribution in [0.3, 0.4) is 0 Å². The van der Waals surface area contributed by atoms with Gasteiger partial charge in [0.25, 0.3) is 0 Å². The van der Waals surface area contributed by atoms with Gasteiger partial charge in [0.15, 0.2) is 0 Å². The molecule has 1 aromatic carbocycles. The maximum absolute atomic E-state index is 12.0. The van der Waals surface area contributed by atoms with Gasteiger partial charge in [0, 0.05) is 10.9 Å². The van der Waals surface area contributed by atoms with Gasteiger partial charge in [-0.25, -0.2) is 4.79 Å². The first-order valence-corrected chi connectivity index (χ1v) is 7.03. The van der Waals surface area contributed by atoms with Crippen molar-refractivity contribution in [2.75, 3.05) is 12.3 Å². The maximum Gasteiger partial charge on any atom is 0.341 e. The first kappa shape index (κ1) is 13.6. The lowest BCUT2D eigenvalue weighted by molar-refractivity contribution is 0.0529. The maximum atomic E-state index is 12.0. The van der Waals surface area contributed by atoms with E-state index < -0.39 is 0 Å². The molecule has 0 bridgehead atoms. The topological polar surface area (TPSA) is 52.3 Å². The largest absolute Gasteiger partial charge is 0.462 e. The molecular formula is C15H17NO2S. The second kappa shape index (κ2) is 5.45. The number of nitrogen functional groups attached to an aromatic ring is 1. The zero-order valence-electron chi connectivity index (χ0n) is 11.3. The number of esters is 1. The van der Waals surface area contributed by atoms with Gasteiger partial charge < -0.3 is 10.5 Å².